The largest absolute Gasteiger partial charge is 0.464 e. The van der Waals surface area contributed by atoms with Gasteiger partial charge in [-0.2, -0.15) is 0 Å². The second kappa shape index (κ2) is 5.35. The van der Waals surface area contributed by atoms with E-state index in [2.05, 4.69) is 5.32 Å². The number of carbonyl (C=O) groups excluding carboxylic acids is 3. The molecule has 1 aromatic rings. The normalized spacial score (nSPS) is 19.6. The van der Waals surface area contributed by atoms with Crippen LogP contribution in [0.4, 0.5) is 4.79 Å². The van der Waals surface area contributed by atoms with Crippen molar-refractivity contribution >= 4 is 17.8 Å². The van der Waals surface area contributed by atoms with Crippen LogP contribution in [0, 0.1) is 12.3 Å². The second-order valence-electron chi connectivity index (χ2n) is 5.35. The van der Waals surface area contributed by atoms with Gasteiger partial charge in [-0.15, -0.1) is 0 Å². The van der Waals surface area contributed by atoms with Crippen molar-refractivity contribution in [1.82, 2.24) is 10.2 Å². The molecular formula is C15H20N2O4. The van der Waals surface area contributed by atoms with Crippen molar-refractivity contribution in [2.45, 2.75) is 46.6 Å². The van der Waals surface area contributed by atoms with Crippen LogP contribution in [-0.4, -0.2) is 22.7 Å². The Hall–Kier alpha value is -2.11. The maximum Gasteiger partial charge on any atom is 0.331 e. The summed E-state index contributed by atoms with van der Waals surface area (Å²) < 4.78 is 5.50. The molecule has 4 amide bonds. The van der Waals surface area contributed by atoms with Gasteiger partial charge in [-0.05, 0) is 38.8 Å². The number of urea groups is 1. The van der Waals surface area contributed by atoms with E-state index in [4.69, 9.17) is 4.42 Å². The molecule has 0 spiro atoms. The second-order valence-corrected chi connectivity index (χ2v) is 5.35. The number of barbiturate groups is 1. The van der Waals surface area contributed by atoms with Crippen LogP contribution in [0.25, 0.3) is 0 Å². The maximum absolute atomic E-state index is 12.8. The van der Waals surface area contributed by atoms with Crippen molar-refractivity contribution in [3.63, 3.8) is 0 Å². The van der Waals surface area contributed by atoms with Gasteiger partial charge in [0.1, 0.15) is 16.9 Å². The van der Waals surface area contributed by atoms with Crippen molar-refractivity contribution < 1.29 is 18.8 Å². The fraction of sp³-hybridized carbons (Fsp3) is 0.533. The Kier molecular flexibility index (Phi) is 3.89. The van der Waals surface area contributed by atoms with Gasteiger partial charge in [-0.3, -0.25) is 19.8 Å². The quantitative estimate of drug-likeness (QED) is 0.865. The smallest absolute Gasteiger partial charge is 0.331 e. The number of hydrogen-bond acceptors (Lipinski definition) is 4. The van der Waals surface area contributed by atoms with Crippen LogP contribution in [0.2, 0.25) is 0 Å². The number of nitrogens with zero attached hydrogens (tertiary/aromatic N) is 1. The van der Waals surface area contributed by atoms with E-state index in [0.29, 0.717) is 24.4 Å². The molecule has 0 bridgehead atoms. The molecule has 6 heteroatoms. The first-order valence-electron chi connectivity index (χ1n) is 7.12. The first kappa shape index (κ1) is 15.3. The predicted octanol–water partition coefficient (Wildman–Crippen LogP) is 2.53. The summed E-state index contributed by atoms with van der Waals surface area (Å²) in [4.78, 5) is 38.0. The molecule has 6 nitrogen and oxygen atoms in total. The third kappa shape index (κ3) is 2.24. The first-order chi connectivity index (χ1) is 9.87. The van der Waals surface area contributed by atoms with Crippen molar-refractivity contribution in [2.24, 2.45) is 5.41 Å². The van der Waals surface area contributed by atoms with Gasteiger partial charge in [0.25, 0.3) is 0 Å². The van der Waals surface area contributed by atoms with Gasteiger partial charge in [0.05, 0.1) is 6.04 Å². The van der Waals surface area contributed by atoms with Crippen molar-refractivity contribution in [2.75, 3.05) is 0 Å². The fourth-order valence-electron chi connectivity index (χ4n) is 2.73. The molecule has 1 aromatic heterocycles. The van der Waals surface area contributed by atoms with E-state index in [1.54, 1.807) is 39.8 Å². The number of nitrogens with one attached hydrogen (secondary N) is 1. The summed E-state index contributed by atoms with van der Waals surface area (Å²) in [6, 6.07) is 2.26. The van der Waals surface area contributed by atoms with E-state index in [0.717, 1.165) is 4.90 Å². The van der Waals surface area contributed by atoms with Crippen molar-refractivity contribution in [3.05, 3.63) is 23.7 Å². The van der Waals surface area contributed by atoms with Crippen LogP contribution in [0.3, 0.4) is 0 Å². The fourth-order valence-corrected chi connectivity index (χ4v) is 2.73. The zero-order valence-electron chi connectivity index (χ0n) is 12.7. The summed E-state index contributed by atoms with van der Waals surface area (Å²) in [5.41, 5.74) is -1.18. The summed E-state index contributed by atoms with van der Waals surface area (Å²) in [7, 11) is 0. The van der Waals surface area contributed by atoms with Crippen molar-refractivity contribution in [1.29, 1.82) is 0 Å². The Morgan fingerprint density at radius 1 is 1.24 bits per heavy atom. The molecule has 1 unspecified atom stereocenters. The molecule has 0 radical (unpaired) electrons. The third-order valence-electron chi connectivity index (χ3n) is 4.27. The van der Waals surface area contributed by atoms with Crippen molar-refractivity contribution in [3.8, 4) is 0 Å². The minimum Gasteiger partial charge on any atom is -0.464 e. The Morgan fingerprint density at radius 2 is 1.86 bits per heavy atom. The van der Waals surface area contributed by atoms with E-state index >= 15 is 0 Å². The summed E-state index contributed by atoms with van der Waals surface area (Å²) in [5, 5.41) is 2.30. The minimum absolute atomic E-state index is 0.349. The van der Waals surface area contributed by atoms with Crippen LogP contribution in [0.15, 0.2) is 16.5 Å². The lowest BCUT2D eigenvalue weighted by molar-refractivity contribution is -0.153. The average molecular weight is 292 g/mol. The first-order valence-corrected chi connectivity index (χ1v) is 7.12. The molecule has 0 aliphatic carbocycles. The van der Waals surface area contributed by atoms with Gasteiger partial charge in [0.15, 0.2) is 0 Å². The average Bonchev–Trinajstić information content (AvgIpc) is 2.86. The summed E-state index contributed by atoms with van der Waals surface area (Å²) in [6.07, 6.45) is 0.698. The molecular weight excluding hydrogens is 272 g/mol. The molecule has 1 saturated heterocycles. The lowest BCUT2D eigenvalue weighted by Crippen LogP contribution is -2.63. The monoisotopic (exact) mass is 292 g/mol. The third-order valence-corrected chi connectivity index (χ3v) is 4.27. The molecule has 1 aliphatic rings. The molecule has 1 fully saturated rings. The number of furan rings is 1. The van der Waals surface area contributed by atoms with Crippen LogP contribution in [0.1, 0.15) is 51.2 Å². The number of aryl methyl sites for hydroxylation is 1. The van der Waals surface area contributed by atoms with Gasteiger partial charge in [0, 0.05) is 0 Å². The Morgan fingerprint density at radius 3 is 2.33 bits per heavy atom. The zero-order chi connectivity index (χ0) is 15.8. The predicted molar refractivity (Wildman–Crippen MR) is 75.3 cm³/mol. The summed E-state index contributed by atoms with van der Waals surface area (Å²) in [5.74, 6) is 0.255. The minimum atomic E-state index is -1.18. The molecule has 114 valence electrons. The highest BCUT2D eigenvalue weighted by molar-refractivity contribution is 6.19. The zero-order valence-corrected chi connectivity index (χ0v) is 12.7. The molecule has 1 N–H and O–H groups in total. The number of amides is 4. The van der Waals surface area contributed by atoms with Gasteiger partial charge in [-0.25, -0.2) is 4.79 Å². The van der Waals surface area contributed by atoms with Gasteiger partial charge >= 0.3 is 6.03 Å². The summed E-state index contributed by atoms with van der Waals surface area (Å²) >= 11 is 0. The number of hydrogen-bond donors (Lipinski definition) is 1. The van der Waals surface area contributed by atoms with Gasteiger partial charge < -0.3 is 4.42 Å². The van der Waals surface area contributed by atoms with E-state index < -0.39 is 29.3 Å². The number of rotatable bonds is 4. The van der Waals surface area contributed by atoms with Crippen LogP contribution in [-0.2, 0) is 9.59 Å². The highest BCUT2D eigenvalue weighted by Crippen LogP contribution is 2.36. The van der Waals surface area contributed by atoms with Crippen LogP contribution >= 0.6 is 0 Å². The Labute approximate surface area is 123 Å². The molecule has 0 aromatic carbocycles. The topological polar surface area (TPSA) is 79.6 Å². The van der Waals surface area contributed by atoms with E-state index in [9.17, 15) is 14.4 Å². The lowest BCUT2D eigenvalue weighted by Gasteiger charge is -2.40. The molecule has 2 rings (SSSR count). The van der Waals surface area contributed by atoms with Crippen LogP contribution in [0.5, 0.6) is 0 Å². The SMILES string of the molecule is CCC1(CC)C(=O)NC(=O)N(C(C)c2ccc(C)o2)C1=O. The molecule has 1 aliphatic heterocycles. The Bertz CT molecular complexity index is 586. The molecule has 21 heavy (non-hydrogen) atoms. The number of carbonyl (C=O) groups is 3. The van der Waals surface area contributed by atoms with E-state index in [1.165, 1.54) is 0 Å². The summed E-state index contributed by atoms with van der Waals surface area (Å²) in [6.45, 7) is 7.05. The van der Waals surface area contributed by atoms with Crippen LogP contribution < -0.4 is 5.32 Å². The Balaban J connectivity index is 2.40. The van der Waals surface area contributed by atoms with Gasteiger partial charge in [-0.1, -0.05) is 13.8 Å². The van der Waals surface area contributed by atoms with E-state index in [1.807, 2.05) is 0 Å². The lowest BCUT2D eigenvalue weighted by atomic mass is 9.78. The highest BCUT2D eigenvalue weighted by Gasteiger charge is 2.53. The van der Waals surface area contributed by atoms with Gasteiger partial charge in [0.2, 0.25) is 11.8 Å². The molecule has 1 atom stereocenters. The standard InChI is InChI=1S/C15H20N2O4/c1-5-15(6-2)12(18)16-14(20)17(13(15)19)10(4)11-8-7-9(3)21-11/h7-8,10H,5-6H2,1-4H3,(H,16,18,20). The molecule has 2 heterocycles. The highest BCUT2D eigenvalue weighted by atomic mass is 16.3. The van der Waals surface area contributed by atoms with E-state index in [-0.39, 0.29) is 0 Å². The maximum atomic E-state index is 12.8. The molecule has 0 saturated carbocycles. The number of imide groups is 2.